The molecule has 4 nitrogen and oxygen atoms in total. The SMILES string of the molecule is Clc1cc(Cl)cc(Nc2nc(Nc3ccccc3)c3ccccc3n2)c1. The van der Waals surface area contributed by atoms with Gasteiger partial charge in [-0.3, -0.25) is 0 Å². The van der Waals surface area contributed by atoms with Gasteiger partial charge in [0, 0.05) is 26.8 Å². The van der Waals surface area contributed by atoms with Gasteiger partial charge in [0.1, 0.15) is 5.82 Å². The summed E-state index contributed by atoms with van der Waals surface area (Å²) < 4.78 is 0. The molecule has 0 spiro atoms. The lowest BCUT2D eigenvalue weighted by atomic mass is 10.2. The Morgan fingerprint density at radius 2 is 1.35 bits per heavy atom. The first-order valence-electron chi connectivity index (χ1n) is 7.99. The van der Waals surface area contributed by atoms with E-state index < -0.39 is 0 Å². The number of para-hydroxylation sites is 2. The molecular weight excluding hydrogens is 367 g/mol. The van der Waals surface area contributed by atoms with Gasteiger partial charge in [-0.05, 0) is 42.5 Å². The third-order valence-corrected chi connectivity index (χ3v) is 4.19. The van der Waals surface area contributed by atoms with E-state index in [1.807, 2.05) is 54.6 Å². The van der Waals surface area contributed by atoms with Crippen molar-refractivity contribution >= 4 is 57.2 Å². The van der Waals surface area contributed by atoms with Crippen molar-refractivity contribution in [3.05, 3.63) is 82.8 Å². The number of anilines is 4. The van der Waals surface area contributed by atoms with E-state index in [0.717, 1.165) is 28.1 Å². The molecule has 4 rings (SSSR count). The third kappa shape index (κ3) is 3.72. The van der Waals surface area contributed by atoms with Crippen LogP contribution < -0.4 is 10.6 Å². The minimum absolute atomic E-state index is 0.459. The minimum atomic E-state index is 0.459. The Kier molecular flexibility index (Phi) is 4.61. The Hall–Kier alpha value is -2.82. The first-order chi connectivity index (χ1) is 12.7. The standard InChI is InChI=1S/C20H14Cl2N4/c21-13-10-14(22)12-16(11-13)24-20-25-18-9-5-4-8-17(18)19(26-20)23-15-6-2-1-3-7-15/h1-12H,(H2,23,24,25,26). The largest absolute Gasteiger partial charge is 0.340 e. The van der Waals surface area contributed by atoms with Crippen LogP contribution in [-0.4, -0.2) is 9.97 Å². The van der Waals surface area contributed by atoms with Gasteiger partial charge >= 0.3 is 0 Å². The average Bonchev–Trinajstić information content (AvgIpc) is 2.62. The molecular formula is C20H14Cl2N4. The summed E-state index contributed by atoms with van der Waals surface area (Å²) >= 11 is 12.1. The van der Waals surface area contributed by atoms with Crippen molar-refractivity contribution in [3.63, 3.8) is 0 Å². The molecule has 0 aliphatic heterocycles. The van der Waals surface area contributed by atoms with E-state index in [0.29, 0.717) is 16.0 Å². The van der Waals surface area contributed by atoms with Crippen LogP contribution in [0.15, 0.2) is 72.8 Å². The molecule has 0 aliphatic rings. The first-order valence-corrected chi connectivity index (χ1v) is 8.75. The molecule has 4 aromatic rings. The summed E-state index contributed by atoms with van der Waals surface area (Å²) in [6.07, 6.45) is 0. The van der Waals surface area contributed by atoms with E-state index in [1.165, 1.54) is 0 Å². The summed E-state index contributed by atoms with van der Waals surface area (Å²) in [4.78, 5) is 9.22. The zero-order valence-electron chi connectivity index (χ0n) is 13.6. The molecule has 1 aromatic heterocycles. The fraction of sp³-hybridized carbons (Fsp3) is 0. The molecule has 26 heavy (non-hydrogen) atoms. The van der Waals surface area contributed by atoms with Crippen LogP contribution in [0.25, 0.3) is 10.9 Å². The van der Waals surface area contributed by atoms with Gasteiger partial charge in [0.05, 0.1) is 5.52 Å². The van der Waals surface area contributed by atoms with E-state index in [2.05, 4.69) is 20.6 Å². The van der Waals surface area contributed by atoms with Crippen LogP contribution in [0.3, 0.4) is 0 Å². The van der Waals surface area contributed by atoms with Gasteiger partial charge in [-0.1, -0.05) is 53.5 Å². The summed E-state index contributed by atoms with van der Waals surface area (Å²) in [5.41, 5.74) is 2.51. The molecule has 128 valence electrons. The van der Waals surface area contributed by atoms with E-state index in [9.17, 15) is 0 Å². The normalized spacial score (nSPS) is 10.7. The second kappa shape index (κ2) is 7.20. The van der Waals surface area contributed by atoms with Crippen LogP contribution in [0.1, 0.15) is 0 Å². The van der Waals surface area contributed by atoms with Crippen LogP contribution in [0.2, 0.25) is 10.0 Å². The molecule has 0 aliphatic carbocycles. The second-order valence-electron chi connectivity index (χ2n) is 5.69. The van der Waals surface area contributed by atoms with Crippen molar-refractivity contribution in [2.75, 3.05) is 10.6 Å². The van der Waals surface area contributed by atoms with E-state index >= 15 is 0 Å². The molecule has 0 unspecified atom stereocenters. The van der Waals surface area contributed by atoms with Gasteiger partial charge in [-0.2, -0.15) is 4.98 Å². The van der Waals surface area contributed by atoms with Gasteiger partial charge in [-0.25, -0.2) is 4.98 Å². The minimum Gasteiger partial charge on any atom is -0.340 e. The van der Waals surface area contributed by atoms with Gasteiger partial charge in [0.15, 0.2) is 0 Å². The number of aromatic nitrogens is 2. The Labute approximate surface area is 160 Å². The number of fused-ring (bicyclic) bond motifs is 1. The molecule has 0 fully saturated rings. The highest BCUT2D eigenvalue weighted by molar-refractivity contribution is 6.35. The molecule has 0 atom stereocenters. The number of rotatable bonds is 4. The Balaban J connectivity index is 1.75. The molecule has 6 heteroatoms. The highest BCUT2D eigenvalue weighted by Crippen LogP contribution is 2.28. The summed E-state index contributed by atoms with van der Waals surface area (Å²) in [5.74, 6) is 1.18. The molecule has 3 aromatic carbocycles. The fourth-order valence-corrected chi connectivity index (χ4v) is 3.17. The van der Waals surface area contributed by atoms with Crippen LogP contribution in [0.5, 0.6) is 0 Å². The molecule has 2 N–H and O–H groups in total. The quantitative estimate of drug-likeness (QED) is 0.428. The van der Waals surface area contributed by atoms with Gasteiger partial charge in [-0.15, -0.1) is 0 Å². The molecule has 0 saturated heterocycles. The monoisotopic (exact) mass is 380 g/mol. The number of benzene rings is 3. The van der Waals surface area contributed by atoms with Gasteiger partial charge in [0.25, 0.3) is 0 Å². The molecule has 0 amide bonds. The summed E-state index contributed by atoms with van der Waals surface area (Å²) in [6.45, 7) is 0. The lowest BCUT2D eigenvalue weighted by Crippen LogP contribution is -2.02. The maximum atomic E-state index is 6.07. The van der Waals surface area contributed by atoms with Crippen molar-refractivity contribution in [1.29, 1.82) is 0 Å². The Morgan fingerprint density at radius 3 is 2.12 bits per heavy atom. The number of hydrogen-bond acceptors (Lipinski definition) is 4. The predicted octanol–water partition coefficient (Wildman–Crippen LogP) is 6.42. The highest BCUT2D eigenvalue weighted by atomic mass is 35.5. The Morgan fingerprint density at radius 1 is 0.654 bits per heavy atom. The lowest BCUT2D eigenvalue weighted by molar-refractivity contribution is 1.21. The van der Waals surface area contributed by atoms with Crippen molar-refractivity contribution < 1.29 is 0 Å². The molecule has 0 bridgehead atoms. The van der Waals surface area contributed by atoms with Crippen molar-refractivity contribution in [2.24, 2.45) is 0 Å². The topological polar surface area (TPSA) is 49.8 Å². The summed E-state index contributed by atoms with van der Waals surface area (Å²) in [6, 6.07) is 23.0. The predicted molar refractivity (Wildman–Crippen MR) is 109 cm³/mol. The third-order valence-electron chi connectivity index (χ3n) is 3.76. The Bertz CT molecular complexity index is 1050. The van der Waals surface area contributed by atoms with E-state index in [-0.39, 0.29) is 0 Å². The zero-order valence-corrected chi connectivity index (χ0v) is 15.1. The average molecular weight is 381 g/mol. The van der Waals surface area contributed by atoms with Crippen LogP contribution in [0.4, 0.5) is 23.1 Å². The molecule has 0 saturated carbocycles. The number of hydrogen-bond donors (Lipinski definition) is 2. The summed E-state index contributed by atoms with van der Waals surface area (Å²) in [7, 11) is 0. The summed E-state index contributed by atoms with van der Waals surface area (Å²) in [5, 5.41) is 8.55. The smallest absolute Gasteiger partial charge is 0.229 e. The fourth-order valence-electron chi connectivity index (χ4n) is 2.64. The van der Waals surface area contributed by atoms with E-state index in [1.54, 1.807) is 18.2 Å². The zero-order chi connectivity index (χ0) is 17.9. The highest BCUT2D eigenvalue weighted by Gasteiger charge is 2.09. The van der Waals surface area contributed by atoms with Crippen LogP contribution >= 0.6 is 23.2 Å². The van der Waals surface area contributed by atoms with Crippen molar-refractivity contribution in [3.8, 4) is 0 Å². The maximum Gasteiger partial charge on any atom is 0.229 e. The number of nitrogens with one attached hydrogen (secondary N) is 2. The second-order valence-corrected chi connectivity index (χ2v) is 6.56. The maximum absolute atomic E-state index is 6.07. The van der Waals surface area contributed by atoms with Gasteiger partial charge in [0.2, 0.25) is 5.95 Å². The molecule has 0 radical (unpaired) electrons. The van der Waals surface area contributed by atoms with Gasteiger partial charge < -0.3 is 10.6 Å². The van der Waals surface area contributed by atoms with Crippen molar-refractivity contribution in [2.45, 2.75) is 0 Å². The van der Waals surface area contributed by atoms with Crippen LogP contribution in [0, 0.1) is 0 Å². The number of nitrogens with zero attached hydrogens (tertiary/aromatic N) is 2. The lowest BCUT2D eigenvalue weighted by Gasteiger charge is -2.12. The van der Waals surface area contributed by atoms with Crippen molar-refractivity contribution in [1.82, 2.24) is 9.97 Å². The van der Waals surface area contributed by atoms with E-state index in [4.69, 9.17) is 23.2 Å². The van der Waals surface area contributed by atoms with Crippen LogP contribution in [-0.2, 0) is 0 Å². The number of halogens is 2. The first kappa shape index (κ1) is 16.6. The molecule has 1 heterocycles.